The number of rotatable bonds is 7. The maximum absolute atomic E-state index is 14.1. The molecule has 2 aliphatic rings. The number of nitrogens with zero attached hydrogens (tertiary/aromatic N) is 1. The first-order chi connectivity index (χ1) is 21.3. The number of phenols is 1. The summed E-state index contributed by atoms with van der Waals surface area (Å²) in [6.45, 7) is 6.75. The largest absolute Gasteiger partial charge is 0.508 e. The predicted molar refractivity (Wildman–Crippen MR) is 173 cm³/mol. The second-order valence-corrected chi connectivity index (χ2v) is 14.0. The third-order valence-electron chi connectivity index (χ3n) is 9.19. The van der Waals surface area contributed by atoms with Crippen LogP contribution in [-0.4, -0.2) is 52.4 Å². The Morgan fingerprint density at radius 3 is 2.33 bits per heavy atom. The number of piperidine rings is 1. The normalized spacial score (nSPS) is 17.9. The number of aromatic hydroxyl groups is 1. The maximum atomic E-state index is 14.1. The Hall–Kier alpha value is -3.85. The average molecular weight is 636 g/mol. The second-order valence-electron chi connectivity index (χ2n) is 13.5. The third kappa shape index (κ3) is 7.52. The minimum Gasteiger partial charge on any atom is -0.508 e. The molecule has 2 fully saturated rings. The van der Waals surface area contributed by atoms with Crippen molar-refractivity contribution in [2.75, 3.05) is 13.1 Å². The smallest absolute Gasteiger partial charge is 0.287 e. The molecule has 2 heterocycles. The first-order valence-electron chi connectivity index (χ1n) is 15.8. The molecule has 0 unspecified atom stereocenters. The zero-order chi connectivity index (χ0) is 32.4. The van der Waals surface area contributed by atoms with Gasteiger partial charge in [0.05, 0.1) is 10.8 Å². The molecule has 0 radical (unpaired) electrons. The molecule has 9 nitrogen and oxygen atoms in total. The van der Waals surface area contributed by atoms with Crippen molar-refractivity contribution in [2.45, 2.75) is 83.7 Å². The minimum absolute atomic E-state index is 0.0665. The molecular formula is C35H42ClN3O6. The summed E-state index contributed by atoms with van der Waals surface area (Å²) in [6.07, 6.45) is 6.71. The van der Waals surface area contributed by atoms with Gasteiger partial charge < -0.3 is 25.1 Å². The molecule has 0 bridgehead atoms. The number of amides is 3. The second kappa shape index (κ2) is 13.3. The Bertz CT molecular complexity index is 1610. The van der Waals surface area contributed by atoms with Crippen molar-refractivity contribution in [3.05, 3.63) is 75.1 Å². The molecule has 1 saturated heterocycles. The molecule has 1 atom stereocenters. The van der Waals surface area contributed by atoms with Crippen LogP contribution >= 0.6 is 11.6 Å². The summed E-state index contributed by atoms with van der Waals surface area (Å²) in [6, 6.07) is 11.2. The lowest BCUT2D eigenvalue weighted by Crippen LogP contribution is -2.59. The van der Waals surface area contributed by atoms with Crippen LogP contribution in [0.4, 0.5) is 0 Å². The molecular weight excluding hydrogens is 594 g/mol. The number of phenolic OH excluding ortho intramolecular Hbond substituents is 1. The van der Waals surface area contributed by atoms with E-state index in [2.05, 4.69) is 10.6 Å². The lowest BCUT2D eigenvalue weighted by molar-refractivity contribution is -0.147. The predicted octanol–water partition coefficient (Wildman–Crippen LogP) is 5.60. The van der Waals surface area contributed by atoms with Gasteiger partial charge in [-0.05, 0) is 82.2 Å². The highest BCUT2D eigenvalue weighted by molar-refractivity contribution is 6.30. The number of hydrogen-bond donors (Lipinski definition) is 3. The first kappa shape index (κ1) is 32.5. The summed E-state index contributed by atoms with van der Waals surface area (Å²) in [5.41, 5.74) is -0.487. The number of halogens is 1. The van der Waals surface area contributed by atoms with E-state index in [1.165, 1.54) is 24.6 Å². The van der Waals surface area contributed by atoms with Crippen LogP contribution in [0.25, 0.3) is 11.0 Å². The average Bonchev–Trinajstić information content (AvgIpc) is 3.00. The van der Waals surface area contributed by atoms with E-state index in [1.807, 2.05) is 20.8 Å². The molecule has 10 heteroatoms. The lowest BCUT2D eigenvalue weighted by atomic mass is 9.63. The van der Waals surface area contributed by atoms with Crippen LogP contribution in [0.15, 0.2) is 57.7 Å². The van der Waals surface area contributed by atoms with Crippen molar-refractivity contribution in [3.63, 3.8) is 0 Å². The minimum atomic E-state index is -0.963. The highest BCUT2D eigenvalue weighted by Crippen LogP contribution is 2.46. The topological polar surface area (TPSA) is 129 Å². The quantitative estimate of drug-likeness (QED) is 0.310. The zero-order valence-corrected chi connectivity index (χ0v) is 26.9. The van der Waals surface area contributed by atoms with Crippen molar-refractivity contribution >= 4 is 40.3 Å². The lowest BCUT2D eigenvalue weighted by Gasteiger charge is -2.48. The van der Waals surface area contributed by atoms with Crippen molar-refractivity contribution in [3.8, 4) is 5.75 Å². The Kier molecular flexibility index (Phi) is 9.58. The highest BCUT2D eigenvalue weighted by atomic mass is 35.5. The van der Waals surface area contributed by atoms with E-state index in [9.17, 15) is 24.3 Å². The van der Waals surface area contributed by atoms with Gasteiger partial charge in [0.25, 0.3) is 5.91 Å². The van der Waals surface area contributed by atoms with Gasteiger partial charge in [0, 0.05) is 42.2 Å². The van der Waals surface area contributed by atoms with E-state index in [4.69, 9.17) is 16.0 Å². The molecule has 1 aliphatic heterocycles. The molecule has 1 aromatic heterocycles. The monoisotopic (exact) mass is 635 g/mol. The van der Waals surface area contributed by atoms with Crippen LogP contribution < -0.4 is 16.1 Å². The fraction of sp³-hybridized carbons (Fsp3) is 0.486. The van der Waals surface area contributed by atoms with Crippen LogP contribution in [0, 0.1) is 11.3 Å². The number of likely N-dealkylation sites (tertiary alicyclic amines) is 1. The van der Waals surface area contributed by atoms with E-state index >= 15 is 0 Å². The van der Waals surface area contributed by atoms with Crippen LogP contribution in [-0.2, 0) is 16.0 Å². The Labute approximate surface area is 268 Å². The fourth-order valence-corrected chi connectivity index (χ4v) is 6.95. The van der Waals surface area contributed by atoms with E-state index in [1.54, 1.807) is 29.2 Å². The molecule has 240 valence electrons. The molecule has 45 heavy (non-hydrogen) atoms. The van der Waals surface area contributed by atoms with E-state index < -0.39 is 22.8 Å². The zero-order valence-electron chi connectivity index (χ0n) is 26.2. The summed E-state index contributed by atoms with van der Waals surface area (Å²) in [7, 11) is 0. The molecule has 1 aliphatic carbocycles. The Morgan fingerprint density at radius 2 is 1.69 bits per heavy atom. The number of benzene rings is 2. The van der Waals surface area contributed by atoms with Crippen molar-refractivity contribution in [1.82, 2.24) is 15.5 Å². The Morgan fingerprint density at radius 1 is 1.02 bits per heavy atom. The van der Waals surface area contributed by atoms with Crippen LogP contribution in [0.1, 0.15) is 81.8 Å². The van der Waals surface area contributed by atoms with Gasteiger partial charge in [-0.25, -0.2) is 0 Å². The molecule has 1 saturated carbocycles. The van der Waals surface area contributed by atoms with Gasteiger partial charge in [0.1, 0.15) is 17.4 Å². The van der Waals surface area contributed by atoms with Crippen molar-refractivity contribution < 1.29 is 23.9 Å². The van der Waals surface area contributed by atoms with Gasteiger partial charge in [0.15, 0.2) is 11.2 Å². The van der Waals surface area contributed by atoms with Crippen molar-refractivity contribution in [1.29, 1.82) is 0 Å². The van der Waals surface area contributed by atoms with E-state index in [0.29, 0.717) is 31.0 Å². The van der Waals surface area contributed by atoms with Gasteiger partial charge in [-0.3, -0.25) is 19.2 Å². The van der Waals surface area contributed by atoms with E-state index in [0.717, 1.165) is 37.3 Å². The van der Waals surface area contributed by atoms with E-state index in [-0.39, 0.29) is 52.2 Å². The maximum Gasteiger partial charge on any atom is 0.287 e. The summed E-state index contributed by atoms with van der Waals surface area (Å²) in [5, 5.41) is 16.7. The van der Waals surface area contributed by atoms with Gasteiger partial charge in [-0.15, -0.1) is 0 Å². The van der Waals surface area contributed by atoms with Crippen LogP contribution in [0.5, 0.6) is 5.75 Å². The standard InChI is InChI=1S/C35H42ClN3O6/c1-34(2,3)38-33(44)35(23-7-5-4-6-8-23)15-17-39(18-16-35)32(43)27(19-22-9-11-24(36)12-10-22)37-31(42)30-21-28(41)26-14-13-25(40)20-29(26)45-30/h9-14,20-21,23,27,40H,4-8,15-19H2,1-3H3,(H,37,42)(H,38,44)/t27-/m1/s1. The summed E-state index contributed by atoms with van der Waals surface area (Å²) in [5.74, 6) is -1.02. The summed E-state index contributed by atoms with van der Waals surface area (Å²) >= 11 is 6.09. The SMILES string of the molecule is CC(C)(C)NC(=O)C1(C2CCCCC2)CCN(C(=O)[C@@H](Cc2ccc(Cl)cc2)NC(=O)c2cc(=O)c3ccc(O)cc3o2)CC1. The number of carbonyl (C=O) groups is 3. The number of carbonyl (C=O) groups excluding carboxylic acids is 3. The molecule has 3 amide bonds. The number of nitrogens with one attached hydrogen (secondary N) is 2. The molecule has 0 spiro atoms. The first-order valence-corrected chi connectivity index (χ1v) is 16.2. The fourth-order valence-electron chi connectivity index (χ4n) is 6.83. The highest BCUT2D eigenvalue weighted by Gasteiger charge is 2.49. The number of hydrogen-bond acceptors (Lipinski definition) is 6. The molecule has 2 aromatic carbocycles. The van der Waals surface area contributed by atoms with Crippen LogP contribution in [0.3, 0.4) is 0 Å². The summed E-state index contributed by atoms with van der Waals surface area (Å²) < 4.78 is 5.68. The molecule has 5 rings (SSSR count). The van der Waals surface area contributed by atoms with Gasteiger partial charge in [-0.2, -0.15) is 0 Å². The number of fused-ring (bicyclic) bond motifs is 1. The third-order valence-corrected chi connectivity index (χ3v) is 9.44. The van der Waals surface area contributed by atoms with Crippen LogP contribution in [0.2, 0.25) is 5.02 Å². The molecule has 3 N–H and O–H groups in total. The Balaban J connectivity index is 1.38. The molecule has 3 aromatic rings. The van der Waals surface area contributed by atoms with Gasteiger partial charge >= 0.3 is 0 Å². The van der Waals surface area contributed by atoms with Gasteiger partial charge in [0.2, 0.25) is 11.8 Å². The summed E-state index contributed by atoms with van der Waals surface area (Å²) in [4.78, 5) is 55.8. The van der Waals surface area contributed by atoms with Gasteiger partial charge in [-0.1, -0.05) is 43.0 Å². The van der Waals surface area contributed by atoms with Crippen molar-refractivity contribution in [2.24, 2.45) is 11.3 Å².